The molecule has 0 aliphatic carbocycles. The van der Waals surface area contributed by atoms with Gasteiger partial charge in [-0.25, -0.2) is 5.48 Å². The first-order valence-electron chi connectivity index (χ1n) is 6.86. The Labute approximate surface area is 141 Å². The van der Waals surface area contributed by atoms with Crippen molar-refractivity contribution in [1.82, 2.24) is 5.48 Å². The Kier molecular flexibility index (Phi) is 5.86. The number of rotatable bonds is 5. The third-order valence-corrected chi connectivity index (χ3v) is 3.83. The fourth-order valence-electron chi connectivity index (χ4n) is 2.17. The van der Waals surface area contributed by atoms with Gasteiger partial charge in [-0.2, -0.15) is 0 Å². The highest BCUT2D eigenvalue weighted by molar-refractivity contribution is 9.10. The number of hydrogen-bond acceptors (Lipinski definition) is 4. The summed E-state index contributed by atoms with van der Waals surface area (Å²) in [6.07, 6.45) is 0. The van der Waals surface area contributed by atoms with Crippen LogP contribution in [0.25, 0.3) is 0 Å². The molecule has 5 N–H and O–H groups in total. The second kappa shape index (κ2) is 7.87. The van der Waals surface area contributed by atoms with Crippen LogP contribution in [0.5, 0.6) is 0 Å². The molecule has 0 aromatic heterocycles. The van der Waals surface area contributed by atoms with Crippen molar-refractivity contribution in [3.8, 4) is 0 Å². The molecule has 0 radical (unpaired) electrons. The van der Waals surface area contributed by atoms with E-state index in [1.807, 2.05) is 6.07 Å². The van der Waals surface area contributed by atoms with E-state index < -0.39 is 11.8 Å². The van der Waals surface area contributed by atoms with Crippen LogP contribution < -0.4 is 16.5 Å². The number of carbonyl (C=O) groups is 2. The smallest absolute Gasteiger partial charge is 0.255 e. The Morgan fingerprint density at radius 2 is 1.87 bits per heavy atom. The maximum absolute atomic E-state index is 12.3. The Morgan fingerprint density at radius 1 is 1.17 bits per heavy atom. The molecular formula is C16H16BrN3O3. The van der Waals surface area contributed by atoms with Gasteiger partial charge < -0.3 is 11.1 Å². The minimum Gasteiger partial charge on any atom is -0.329 e. The molecular weight excluding hydrogens is 362 g/mol. The molecule has 7 heteroatoms. The minimum atomic E-state index is -0.788. The van der Waals surface area contributed by atoms with E-state index >= 15 is 0 Å². The van der Waals surface area contributed by atoms with Crippen LogP contribution in [-0.2, 0) is 4.79 Å². The van der Waals surface area contributed by atoms with Crippen molar-refractivity contribution in [3.05, 3.63) is 64.1 Å². The van der Waals surface area contributed by atoms with Crippen LogP contribution in [-0.4, -0.2) is 23.6 Å². The van der Waals surface area contributed by atoms with Gasteiger partial charge in [0.2, 0.25) is 0 Å². The van der Waals surface area contributed by atoms with Gasteiger partial charge in [0.1, 0.15) is 0 Å². The van der Waals surface area contributed by atoms with E-state index in [9.17, 15) is 9.59 Å². The van der Waals surface area contributed by atoms with Crippen molar-refractivity contribution >= 4 is 33.4 Å². The first-order valence-corrected chi connectivity index (χ1v) is 7.66. The monoisotopic (exact) mass is 377 g/mol. The Bertz CT molecular complexity index is 707. The number of nitrogens with two attached hydrogens (primary N) is 1. The SMILES string of the molecule is NC[C@@H](C(=O)NO)c1cc(Br)ccc1NC(=O)c1ccccc1. The van der Waals surface area contributed by atoms with Crippen LogP contribution in [0.4, 0.5) is 5.69 Å². The minimum absolute atomic E-state index is 0.0168. The molecule has 0 saturated carbocycles. The van der Waals surface area contributed by atoms with Crippen molar-refractivity contribution in [2.45, 2.75) is 5.92 Å². The van der Waals surface area contributed by atoms with Crippen molar-refractivity contribution in [3.63, 3.8) is 0 Å². The third-order valence-electron chi connectivity index (χ3n) is 3.34. The number of carbonyl (C=O) groups excluding carboxylic acids is 2. The summed E-state index contributed by atoms with van der Waals surface area (Å²) in [5.41, 5.74) is 8.71. The molecule has 0 saturated heterocycles. The van der Waals surface area contributed by atoms with Crippen LogP contribution in [0.2, 0.25) is 0 Å². The average molecular weight is 378 g/mol. The lowest BCUT2D eigenvalue weighted by molar-refractivity contribution is -0.130. The zero-order valence-electron chi connectivity index (χ0n) is 12.1. The van der Waals surface area contributed by atoms with Crippen molar-refractivity contribution in [2.24, 2.45) is 5.73 Å². The fraction of sp³-hybridized carbons (Fsp3) is 0.125. The second-order valence-electron chi connectivity index (χ2n) is 4.82. The molecule has 2 amide bonds. The van der Waals surface area contributed by atoms with Gasteiger partial charge in [0, 0.05) is 22.3 Å². The highest BCUT2D eigenvalue weighted by atomic mass is 79.9. The van der Waals surface area contributed by atoms with Crippen LogP contribution in [0, 0.1) is 0 Å². The largest absolute Gasteiger partial charge is 0.329 e. The molecule has 0 aliphatic rings. The van der Waals surface area contributed by atoms with E-state index in [2.05, 4.69) is 21.2 Å². The molecule has 0 unspecified atom stereocenters. The van der Waals surface area contributed by atoms with Gasteiger partial charge >= 0.3 is 0 Å². The Hall–Kier alpha value is -2.22. The summed E-state index contributed by atoms with van der Waals surface area (Å²) in [4.78, 5) is 24.1. The maximum Gasteiger partial charge on any atom is 0.255 e. The normalized spacial score (nSPS) is 11.6. The average Bonchev–Trinajstić information content (AvgIpc) is 2.58. The van der Waals surface area contributed by atoms with Crippen molar-refractivity contribution in [2.75, 3.05) is 11.9 Å². The quantitative estimate of drug-likeness (QED) is 0.473. The number of hydrogen-bond donors (Lipinski definition) is 4. The van der Waals surface area contributed by atoms with E-state index in [1.54, 1.807) is 47.9 Å². The number of amides is 2. The first-order chi connectivity index (χ1) is 11.1. The van der Waals surface area contributed by atoms with Crippen LogP contribution in [0.15, 0.2) is 53.0 Å². The number of halogens is 1. The van der Waals surface area contributed by atoms with Gasteiger partial charge in [0.25, 0.3) is 11.8 Å². The first kappa shape index (κ1) is 17.1. The van der Waals surface area contributed by atoms with Gasteiger partial charge in [-0.05, 0) is 35.9 Å². The van der Waals surface area contributed by atoms with Gasteiger partial charge in [-0.3, -0.25) is 14.8 Å². The van der Waals surface area contributed by atoms with Gasteiger partial charge in [-0.15, -0.1) is 0 Å². The van der Waals surface area contributed by atoms with E-state index in [-0.39, 0.29) is 12.5 Å². The van der Waals surface area contributed by atoms with E-state index in [0.717, 1.165) is 4.47 Å². The summed E-state index contributed by atoms with van der Waals surface area (Å²) in [6, 6.07) is 13.8. The Morgan fingerprint density at radius 3 is 2.48 bits per heavy atom. The predicted octanol–water partition coefficient (Wildman–Crippen LogP) is 2.25. The van der Waals surface area contributed by atoms with E-state index in [1.165, 1.54) is 0 Å². The summed E-state index contributed by atoms with van der Waals surface area (Å²) in [5.74, 6) is -1.72. The molecule has 2 rings (SSSR count). The highest BCUT2D eigenvalue weighted by Gasteiger charge is 2.23. The fourth-order valence-corrected chi connectivity index (χ4v) is 2.55. The van der Waals surface area contributed by atoms with Gasteiger partial charge in [-0.1, -0.05) is 34.1 Å². The summed E-state index contributed by atoms with van der Waals surface area (Å²) < 4.78 is 0.731. The van der Waals surface area contributed by atoms with Crippen LogP contribution in [0.3, 0.4) is 0 Å². The maximum atomic E-state index is 12.3. The zero-order chi connectivity index (χ0) is 16.8. The standard InChI is InChI=1S/C16H16BrN3O3/c17-11-6-7-14(12(8-11)13(9-18)16(22)20-23)19-15(21)10-4-2-1-3-5-10/h1-8,13,23H,9,18H2,(H,19,21)(H,20,22)/t13-/m1/s1. The predicted molar refractivity (Wildman–Crippen MR) is 90.3 cm³/mol. The summed E-state index contributed by atoms with van der Waals surface area (Å²) in [7, 11) is 0. The number of benzene rings is 2. The Balaban J connectivity index is 2.35. The summed E-state index contributed by atoms with van der Waals surface area (Å²) in [6.45, 7) is -0.0168. The number of nitrogens with one attached hydrogen (secondary N) is 2. The topological polar surface area (TPSA) is 104 Å². The summed E-state index contributed by atoms with van der Waals surface area (Å²) in [5, 5.41) is 11.6. The van der Waals surface area contributed by atoms with Crippen LogP contribution in [0.1, 0.15) is 21.8 Å². The molecule has 0 fully saturated rings. The molecule has 6 nitrogen and oxygen atoms in total. The lowest BCUT2D eigenvalue weighted by Gasteiger charge is -2.18. The lowest BCUT2D eigenvalue weighted by atomic mass is 9.96. The highest BCUT2D eigenvalue weighted by Crippen LogP contribution is 2.28. The molecule has 0 bridgehead atoms. The van der Waals surface area contributed by atoms with Gasteiger partial charge in [0.15, 0.2) is 0 Å². The number of anilines is 1. The second-order valence-corrected chi connectivity index (χ2v) is 5.73. The van der Waals surface area contributed by atoms with E-state index in [4.69, 9.17) is 10.9 Å². The van der Waals surface area contributed by atoms with Crippen molar-refractivity contribution < 1.29 is 14.8 Å². The molecule has 1 atom stereocenters. The third kappa shape index (κ3) is 4.16. The van der Waals surface area contributed by atoms with E-state index in [0.29, 0.717) is 16.8 Å². The van der Waals surface area contributed by atoms with Gasteiger partial charge in [0.05, 0.1) is 5.92 Å². The molecule has 23 heavy (non-hydrogen) atoms. The van der Waals surface area contributed by atoms with Crippen molar-refractivity contribution in [1.29, 1.82) is 0 Å². The number of hydroxylamine groups is 1. The molecule has 120 valence electrons. The molecule has 0 spiro atoms. The molecule has 2 aromatic carbocycles. The molecule has 0 heterocycles. The lowest BCUT2D eigenvalue weighted by Crippen LogP contribution is -2.32. The van der Waals surface area contributed by atoms with Crippen LogP contribution >= 0.6 is 15.9 Å². The summed E-state index contributed by atoms with van der Waals surface area (Å²) >= 11 is 3.33. The molecule has 0 aliphatic heterocycles. The zero-order valence-corrected chi connectivity index (χ0v) is 13.7. The molecule has 2 aromatic rings.